The zero-order valence-electron chi connectivity index (χ0n) is 10.8. The summed E-state index contributed by atoms with van der Waals surface area (Å²) in [6.07, 6.45) is 3.72. The van der Waals surface area contributed by atoms with Gasteiger partial charge in [-0.2, -0.15) is 5.10 Å². The van der Waals surface area contributed by atoms with Crippen molar-refractivity contribution in [3.8, 4) is 0 Å². The summed E-state index contributed by atoms with van der Waals surface area (Å²) in [5.41, 5.74) is 4.75. The number of hydrazine groups is 1. The number of hydrogen-bond donors (Lipinski definition) is 3. The summed E-state index contributed by atoms with van der Waals surface area (Å²) >= 11 is 0. The number of carbonyl (C=O) groups excluding carboxylic acids is 1. The molecule has 1 aromatic carbocycles. The molecule has 0 saturated heterocycles. The van der Waals surface area contributed by atoms with Gasteiger partial charge in [-0.05, 0) is 24.6 Å². The van der Waals surface area contributed by atoms with Crippen LogP contribution >= 0.6 is 0 Å². The van der Waals surface area contributed by atoms with E-state index in [-0.39, 0.29) is 5.91 Å². The van der Waals surface area contributed by atoms with Crippen LogP contribution in [0, 0.1) is 6.92 Å². The van der Waals surface area contributed by atoms with E-state index in [1.54, 1.807) is 29.1 Å². The van der Waals surface area contributed by atoms with Crippen LogP contribution in [0.25, 0.3) is 0 Å². The predicted octanol–water partition coefficient (Wildman–Crippen LogP) is 0.907. The Balaban J connectivity index is 1.90. The standard InChI is InChI=1S/C13H17N5O/c1-10-8-16-18(9-10)7-6-15-13(19)11-4-2-3-5-12(11)17-14/h2-5,8-9,17H,6-7,14H2,1H3,(H,15,19). The number of aryl methyl sites for hydroxylation is 1. The number of nitrogens with zero attached hydrogens (tertiary/aromatic N) is 2. The molecule has 2 aromatic rings. The molecular weight excluding hydrogens is 242 g/mol. The lowest BCUT2D eigenvalue weighted by atomic mass is 10.1. The van der Waals surface area contributed by atoms with Crippen molar-refractivity contribution < 1.29 is 4.79 Å². The summed E-state index contributed by atoms with van der Waals surface area (Å²) in [5, 5.41) is 6.99. The fraction of sp³-hybridized carbons (Fsp3) is 0.231. The van der Waals surface area contributed by atoms with Crippen LogP contribution in [0.2, 0.25) is 0 Å². The van der Waals surface area contributed by atoms with E-state index in [4.69, 9.17) is 5.84 Å². The van der Waals surface area contributed by atoms with Gasteiger partial charge in [0.25, 0.3) is 5.91 Å². The van der Waals surface area contributed by atoms with Gasteiger partial charge in [0, 0.05) is 12.7 Å². The van der Waals surface area contributed by atoms with Gasteiger partial charge in [0.1, 0.15) is 0 Å². The van der Waals surface area contributed by atoms with Gasteiger partial charge >= 0.3 is 0 Å². The molecule has 2 rings (SSSR count). The van der Waals surface area contributed by atoms with Gasteiger partial charge in [-0.25, -0.2) is 0 Å². The van der Waals surface area contributed by atoms with Crippen LogP contribution in [0.15, 0.2) is 36.7 Å². The molecule has 1 heterocycles. The minimum Gasteiger partial charge on any atom is -0.350 e. The zero-order valence-corrected chi connectivity index (χ0v) is 10.8. The Morgan fingerprint density at radius 3 is 2.89 bits per heavy atom. The fourth-order valence-electron chi connectivity index (χ4n) is 1.78. The van der Waals surface area contributed by atoms with E-state index in [9.17, 15) is 4.79 Å². The highest BCUT2D eigenvalue weighted by Crippen LogP contribution is 2.12. The maximum Gasteiger partial charge on any atom is 0.253 e. The van der Waals surface area contributed by atoms with E-state index in [1.807, 2.05) is 19.2 Å². The molecule has 0 unspecified atom stereocenters. The second kappa shape index (κ2) is 6.01. The number of rotatable bonds is 5. The molecule has 4 N–H and O–H groups in total. The SMILES string of the molecule is Cc1cnn(CCNC(=O)c2ccccc2NN)c1. The average Bonchev–Trinajstić information content (AvgIpc) is 2.84. The summed E-state index contributed by atoms with van der Waals surface area (Å²) in [6, 6.07) is 7.10. The van der Waals surface area contributed by atoms with Gasteiger partial charge in [0.15, 0.2) is 0 Å². The molecule has 0 aliphatic carbocycles. The van der Waals surface area contributed by atoms with E-state index in [0.29, 0.717) is 24.3 Å². The molecule has 0 radical (unpaired) electrons. The van der Waals surface area contributed by atoms with E-state index >= 15 is 0 Å². The zero-order chi connectivity index (χ0) is 13.7. The number of nitrogens with two attached hydrogens (primary N) is 1. The molecule has 0 fully saturated rings. The van der Waals surface area contributed by atoms with Crippen LogP contribution in [0.5, 0.6) is 0 Å². The Kier molecular flexibility index (Phi) is 4.15. The number of nitrogens with one attached hydrogen (secondary N) is 2. The normalized spacial score (nSPS) is 10.2. The third-order valence-corrected chi connectivity index (χ3v) is 2.72. The second-order valence-electron chi connectivity index (χ2n) is 4.23. The molecule has 0 atom stereocenters. The average molecular weight is 259 g/mol. The van der Waals surface area contributed by atoms with Crippen molar-refractivity contribution >= 4 is 11.6 Å². The third kappa shape index (κ3) is 3.32. The van der Waals surface area contributed by atoms with Gasteiger partial charge in [-0.1, -0.05) is 12.1 Å². The van der Waals surface area contributed by atoms with Gasteiger partial charge in [-0.15, -0.1) is 0 Å². The Bertz CT molecular complexity index is 564. The van der Waals surface area contributed by atoms with Gasteiger partial charge in [0.2, 0.25) is 0 Å². The smallest absolute Gasteiger partial charge is 0.253 e. The van der Waals surface area contributed by atoms with E-state index in [0.717, 1.165) is 5.56 Å². The first-order chi connectivity index (χ1) is 9.20. The van der Waals surface area contributed by atoms with Crippen molar-refractivity contribution in [2.45, 2.75) is 13.5 Å². The minimum absolute atomic E-state index is 0.155. The summed E-state index contributed by atoms with van der Waals surface area (Å²) in [7, 11) is 0. The van der Waals surface area contributed by atoms with Crippen LogP contribution in [0.3, 0.4) is 0 Å². The molecule has 19 heavy (non-hydrogen) atoms. The molecule has 0 saturated carbocycles. The molecule has 0 spiro atoms. The first-order valence-corrected chi connectivity index (χ1v) is 6.03. The van der Waals surface area contributed by atoms with Crippen molar-refractivity contribution in [2.24, 2.45) is 5.84 Å². The minimum atomic E-state index is -0.155. The molecule has 0 aliphatic rings. The molecule has 100 valence electrons. The Hall–Kier alpha value is -2.34. The van der Waals surface area contributed by atoms with Crippen molar-refractivity contribution in [3.63, 3.8) is 0 Å². The molecule has 6 nitrogen and oxygen atoms in total. The molecule has 1 aromatic heterocycles. The van der Waals surface area contributed by atoms with Crippen molar-refractivity contribution in [2.75, 3.05) is 12.0 Å². The van der Waals surface area contributed by atoms with Crippen LogP contribution in [-0.2, 0) is 6.54 Å². The summed E-state index contributed by atoms with van der Waals surface area (Å²) in [6.45, 7) is 3.13. The van der Waals surface area contributed by atoms with Crippen molar-refractivity contribution in [1.29, 1.82) is 0 Å². The maximum absolute atomic E-state index is 12.0. The largest absolute Gasteiger partial charge is 0.350 e. The molecule has 0 bridgehead atoms. The predicted molar refractivity (Wildman–Crippen MR) is 73.5 cm³/mol. The van der Waals surface area contributed by atoms with Gasteiger partial charge in [0.05, 0.1) is 24.0 Å². The van der Waals surface area contributed by atoms with Gasteiger partial charge < -0.3 is 10.7 Å². The highest BCUT2D eigenvalue weighted by molar-refractivity contribution is 5.99. The van der Waals surface area contributed by atoms with E-state index < -0.39 is 0 Å². The quantitative estimate of drug-likeness (QED) is 0.550. The summed E-state index contributed by atoms with van der Waals surface area (Å²) < 4.78 is 1.79. The van der Waals surface area contributed by atoms with Crippen LogP contribution in [0.4, 0.5) is 5.69 Å². The lowest BCUT2D eigenvalue weighted by Crippen LogP contribution is -2.28. The highest BCUT2D eigenvalue weighted by Gasteiger charge is 2.09. The monoisotopic (exact) mass is 259 g/mol. The number of benzene rings is 1. The third-order valence-electron chi connectivity index (χ3n) is 2.72. The Labute approximate surface area is 111 Å². The molecule has 6 heteroatoms. The fourth-order valence-corrected chi connectivity index (χ4v) is 1.78. The van der Waals surface area contributed by atoms with Crippen molar-refractivity contribution in [3.05, 3.63) is 47.8 Å². The molecule has 0 aliphatic heterocycles. The first kappa shape index (κ1) is 13.1. The number of para-hydroxylation sites is 1. The number of hydrogen-bond acceptors (Lipinski definition) is 4. The lowest BCUT2D eigenvalue weighted by Gasteiger charge is -2.09. The maximum atomic E-state index is 12.0. The van der Waals surface area contributed by atoms with Crippen molar-refractivity contribution in [1.82, 2.24) is 15.1 Å². The first-order valence-electron chi connectivity index (χ1n) is 6.03. The number of nitrogen functional groups attached to an aromatic ring is 1. The summed E-state index contributed by atoms with van der Waals surface area (Å²) in [5.74, 6) is 5.21. The Morgan fingerprint density at radius 1 is 1.42 bits per heavy atom. The lowest BCUT2D eigenvalue weighted by molar-refractivity contribution is 0.0952. The van der Waals surface area contributed by atoms with E-state index in [2.05, 4.69) is 15.8 Å². The topological polar surface area (TPSA) is 85.0 Å². The van der Waals surface area contributed by atoms with Gasteiger partial charge in [-0.3, -0.25) is 15.3 Å². The van der Waals surface area contributed by atoms with Crippen LogP contribution < -0.4 is 16.6 Å². The second-order valence-corrected chi connectivity index (χ2v) is 4.23. The Morgan fingerprint density at radius 2 is 2.21 bits per heavy atom. The highest BCUT2D eigenvalue weighted by atomic mass is 16.1. The molecular formula is C13H17N5O. The number of aromatic nitrogens is 2. The summed E-state index contributed by atoms with van der Waals surface area (Å²) in [4.78, 5) is 12.0. The number of anilines is 1. The number of carbonyl (C=O) groups is 1. The van der Waals surface area contributed by atoms with E-state index in [1.165, 1.54) is 0 Å². The van der Waals surface area contributed by atoms with Crippen LogP contribution in [-0.4, -0.2) is 22.2 Å². The number of amides is 1. The van der Waals surface area contributed by atoms with Crippen LogP contribution in [0.1, 0.15) is 15.9 Å². The molecule has 1 amide bonds.